The first-order valence-corrected chi connectivity index (χ1v) is 8.12. The molecule has 2 unspecified atom stereocenters. The first-order chi connectivity index (χ1) is 10.7. The first-order valence-electron chi connectivity index (χ1n) is 7.74. The molecule has 2 heterocycles. The molecule has 1 aromatic carbocycles. The molecule has 6 heteroatoms. The molecule has 3 rings (SSSR count). The molecule has 0 aromatic heterocycles. The molecule has 124 valence electrons. The molecule has 0 saturated carbocycles. The van der Waals surface area contributed by atoms with E-state index in [9.17, 15) is 9.59 Å². The fraction of sp³-hybridized carbons (Fsp3) is 0.529. The van der Waals surface area contributed by atoms with Gasteiger partial charge in [0.1, 0.15) is 5.60 Å². The van der Waals surface area contributed by atoms with Crippen LogP contribution in [0.5, 0.6) is 0 Å². The monoisotopic (exact) mass is 336 g/mol. The van der Waals surface area contributed by atoms with E-state index in [4.69, 9.17) is 16.3 Å². The van der Waals surface area contributed by atoms with E-state index >= 15 is 0 Å². The summed E-state index contributed by atoms with van der Waals surface area (Å²) < 4.78 is 5.44. The number of nitrogens with zero attached hydrogens (tertiary/aromatic N) is 1. The van der Waals surface area contributed by atoms with E-state index in [1.165, 1.54) is 0 Å². The minimum Gasteiger partial charge on any atom is -0.444 e. The minimum atomic E-state index is -0.536. The zero-order chi connectivity index (χ0) is 16.9. The van der Waals surface area contributed by atoms with Crippen LogP contribution >= 0.6 is 11.6 Å². The van der Waals surface area contributed by atoms with Gasteiger partial charge in [-0.15, -0.1) is 0 Å². The van der Waals surface area contributed by atoms with Crippen molar-refractivity contribution in [1.82, 2.24) is 10.2 Å². The molecule has 2 aliphatic rings. The number of amides is 2. The predicted octanol–water partition coefficient (Wildman–Crippen LogP) is 3.09. The summed E-state index contributed by atoms with van der Waals surface area (Å²) in [6.07, 6.45) is -0.346. The summed E-state index contributed by atoms with van der Waals surface area (Å²) in [4.78, 5) is 26.3. The lowest BCUT2D eigenvalue weighted by molar-refractivity contribution is 0.0288. The zero-order valence-electron chi connectivity index (χ0n) is 13.8. The topological polar surface area (TPSA) is 58.6 Å². The van der Waals surface area contributed by atoms with Gasteiger partial charge in [-0.3, -0.25) is 4.79 Å². The highest BCUT2D eigenvalue weighted by molar-refractivity contribution is 6.34. The first kappa shape index (κ1) is 16.1. The van der Waals surface area contributed by atoms with Crippen molar-refractivity contribution in [3.63, 3.8) is 0 Å². The van der Waals surface area contributed by atoms with Crippen molar-refractivity contribution in [2.75, 3.05) is 13.1 Å². The molecule has 0 radical (unpaired) electrons. The van der Waals surface area contributed by atoms with Crippen LogP contribution in [-0.2, 0) is 4.74 Å². The molecule has 1 aromatic rings. The number of benzene rings is 1. The lowest BCUT2D eigenvalue weighted by Crippen LogP contribution is -2.44. The SMILES string of the molecule is Cc1cc(Cl)c2c(c1)C1CN(C(=O)OC(C)(C)C)CC1NC2=O. The van der Waals surface area contributed by atoms with Gasteiger partial charge in [0.15, 0.2) is 0 Å². The quantitative estimate of drug-likeness (QED) is 0.792. The van der Waals surface area contributed by atoms with Crippen LogP contribution in [0.4, 0.5) is 4.79 Å². The highest BCUT2D eigenvalue weighted by Gasteiger charge is 2.43. The number of ether oxygens (including phenoxy) is 1. The Kier molecular flexibility index (Phi) is 3.79. The second-order valence-electron chi connectivity index (χ2n) is 7.28. The average molecular weight is 337 g/mol. The summed E-state index contributed by atoms with van der Waals surface area (Å²) >= 11 is 6.25. The van der Waals surface area contributed by atoms with Crippen molar-refractivity contribution < 1.29 is 14.3 Å². The van der Waals surface area contributed by atoms with E-state index in [1.807, 2.05) is 33.8 Å². The van der Waals surface area contributed by atoms with E-state index < -0.39 is 5.60 Å². The van der Waals surface area contributed by atoms with Gasteiger partial charge in [-0.2, -0.15) is 0 Å². The van der Waals surface area contributed by atoms with Gasteiger partial charge in [-0.1, -0.05) is 17.7 Å². The number of fused-ring (bicyclic) bond motifs is 3. The highest BCUT2D eigenvalue weighted by Crippen LogP contribution is 2.37. The second kappa shape index (κ2) is 5.41. The molecule has 2 atom stereocenters. The van der Waals surface area contributed by atoms with Crippen LogP contribution in [0.2, 0.25) is 5.02 Å². The third-order valence-electron chi connectivity index (χ3n) is 4.18. The van der Waals surface area contributed by atoms with Crippen LogP contribution in [0.3, 0.4) is 0 Å². The van der Waals surface area contributed by atoms with Crippen LogP contribution in [0.25, 0.3) is 0 Å². The maximum absolute atomic E-state index is 12.3. The van der Waals surface area contributed by atoms with Crippen molar-refractivity contribution >= 4 is 23.6 Å². The summed E-state index contributed by atoms with van der Waals surface area (Å²) in [7, 11) is 0. The number of rotatable bonds is 0. The van der Waals surface area contributed by atoms with Gasteiger partial charge in [0.05, 0.1) is 16.6 Å². The molecular formula is C17H21ClN2O3. The Hall–Kier alpha value is -1.75. The van der Waals surface area contributed by atoms with Crippen molar-refractivity contribution in [2.45, 2.75) is 45.3 Å². The third kappa shape index (κ3) is 3.02. The summed E-state index contributed by atoms with van der Waals surface area (Å²) in [5.41, 5.74) is 1.93. The van der Waals surface area contributed by atoms with Crippen molar-refractivity contribution in [3.05, 3.63) is 33.8 Å². The van der Waals surface area contributed by atoms with Gasteiger partial charge >= 0.3 is 6.09 Å². The number of carbonyl (C=O) groups excluding carboxylic acids is 2. The molecule has 0 spiro atoms. The molecular weight excluding hydrogens is 316 g/mol. The summed E-state index contributed by atoms with van der Waals surface area (Å²) in [6.45, 7) is 8.45. The highest BCUT2D eigenvalue weighted by atomic mass is 35.5. The van der Waals surface area contributed by atoms with E-state index in [2.05, 4.69) is 5.32 Å². The number of hydrogen-bond donors (Lipinski definition) is 1. The predicted molar refractivity (Wildman–Crippen MR) is 88.0 cm³/mol. The Morgan fingerprint density at radius 2 is 2.04 bits per heavy atom. The van der Waals surface area contributed by atoms with Crippen LogP contribution in [0.1, 0.15) is 48.2 Å². The molecule has 1 fully saturated rings. The number of carbonyl (C=O) groups is 2. The fourth-order valence-electron chi connectivity index (χ4n) is 3.28. The van der Waals surface area contributed by atoms with Gasteiger partial charge in [-0.05, 0) is 44.9 Å². The largest absolute Gasteiger partial charge is 0.444 e. The normalized spacial score (nSPS) is 23.2. The molecule has 0 bridgehead atoms. The Morgan fingerprint density at radius 3 is 2.70 bits per heavy atom. The minimum absolute atomic E-state index is 0.0487. The molecule has 5 nitrogen and oxygen atoms in total. The number of aryl methyl sites for hydroxylation is 1. The molecule has 2 amide bonds. The van der Waals surface area contributed by atoms with Crippen LogP contribution < -0.4 is 5.32 Å². The van der Waals surface area contributed by atoms with E-state index in [0.717, 1.165) is 11.1 Å². The van der Waals surface area contributed by atoms with Crippen molar-refractivity contribution in [3.8, 4) is 0 Å². The Morgan fingerprint density at radius 1 is 1.35 bits per heavy atom. The van der Waals surface area contributed by atoms with Crippen LogP contribution in [-0.4, -0.2) is 41.6 Å². The van der Waals surface area contributed by atoms with Crippen LogP contribution in [0.15, 0.2) is 12.1 Å². The van der Waals surface area contributed by atoms with E-state index in [1.54, 1.807) is 11.0 Å². The molecule has 0 aliphatic carbocycles. The second-order valence-corrected chi connectivity index (χ2v) is 7.69. The smallest absolute Gasteiger partial charge is 0.410 e. The van der Waals surface area contributed by atoms with Gasteiger partial charge < -0.3 is 15.0 Å². The van der Waals surface area contributed by atoms with E-state index in [-0.39, 0.29) is 24.0 Å². The fourth-order valence-corrected chi connectivity index (χ4v) is 3.65. The standard InChI is InChI=1S/C17H21ClN2O3/c1-9-5-10-11-7-20(16(22)23-17(2,3)4)8-13(11)19-15(21)14(10)12(18)6-9/h5-6,11,13H,7-8H2,1-4H3,(H,19,21). The average Bonchev–Trinajstić information content (AvgIpc) is 2.79. The number of hydrogen-bond acceptors (Lipinski definition) is 3. The number of likely N-dealkylation sites (tertiary alicyclic amines) is 1. The van der Waals surface area contributed by atoms with Crippen LogP contribution in [0, 0.1) is 6.92 Å². The summed E-state index contributed by atoms with van der Waals surface area (Å²) in [5.74, 6) is -0.120. The Balaban J connectivity index is 1.89. The lowest BCUT2D eigenvalue weighted by atomic mass is 9.85. The van der Waals surface area contributed by atoms with Gasteiger partial charge in [0.2, 0.25) is 0 Å². The Bertz CT molecular complexity index is 681. The summed E-state index contributed by atoms with van der Waals surface area (Å²) in [6, 6.07) is 3.69. The lowest BCUT2D eigenvalue weighted by Gasteiger charge is -2.28. The molecule has 23 heavy (non-hydrogen) atoms. The van der Waals surface area contributed by atoms with Gasteiger partial charge in [0.25, 0.3) is 5.91 Å². The maximum atomic E-state index is 12.3. The van der Waals surface area contributed by atoms with E-state index in [0.29, 0.717) is 23.7 Å². The summed E-state index contributed by atoms with van der Waals surface area (Å²) in [5, 5.41) is 3.43. The molecule has 1 N–H and O–H groups in total. The zero-order valence-corrected chi connectivity index (χ0v) is 14.5. The maximum Gasteiger partial charge on any atom is 0.410 e. The van der Waals surface area contributed by atoms with Crippen molar-refractivity contribution in [2.24, 2.45) is 0 Å². The Labute approximate surface area is 140 Å². The van der Waals surface area contributed by atoms with Gasteiger partial charge in [-0.25, -0.2) is 4.79 Å². The van der Waals surface area contributed by atoms with Gasteiger partial charge in [0, 0.05) is 19.0 Å². The molecule has 2 aliphatic heterocycles. The number of nitrogens with one attached hydrogen (secondary N) is 1. The number of halogens is 1. The van der Waals surface area contributed by atoms with Crippen molar-refractivity contribution in [1.29, 1.82) is 0 Å². The molecule has 1 saturated heterocycles. The third-order valence-corrected chi connectivity index (χ3v) is 4.48.